The predicted molar refractivity (Wildman–Crippen MR) is 62.5 cm³/mol. The fourth-order valence-electron chi connectivity index (χ4n) is 1.47. The summed E-state index contributed by atoms with van der Waals surface area (Å²) >= 11 is 2.00. The summed E-state index contributed by atoms with van der Waals surface area (Å²) in [7, 11) is 2.06. The van der Waals surface area contributed by atoms with E-state index < -0.39 is 0 Å². The first-order chi connectivity index (χ1) is 6.66. The molecule has 76 valence electrons. The van der Waals surface area contributed by atoms with Gasteiger partial charge in [-0.3, -0.25) is 4.79 Å². The van der Waals surface area contributed by atoms with Gasteiger partial charge >= 0.3 is 0 Å². The zero-order valence-electron chi connectivity index (χ0n) is 7.75. The van der Waals surface area contributed by atoms with Crippen LogP contribution in [0.4, 0.5) is 5.82 Å². The molecule has 0 bridgehead atoms. The summed E-state index contributed by atoms with van der Waals surface area (Å²) in [6.07, 6.45) is 1.43. The van der Waals surface area contributed by atoms with E-state index in [0.717, 1.165) is 13.1 Å². The fraction of sp³-hybridized carbons (Fsp3) is 0.500. The smallest absolute Gasteiger partial charge is 0.266 e. The minimum Gasteiger partial charge on any atom is -0.364 e. The summed E-state index contributed by atoms with van der Waals surface area (Å²) in [5, 5.41) is 3.24. The summed E-state index contributed by atoms with van der Waals surface area (Å²) < 4.78 is 0.625. The van der Waals surface area contributed by atoms with E-state index in [1.807, 2.05) is 22.6 Å². The molecule has 0 spiro atoms. The van der Waals surface area contributed by atoms with Gasteiger partial charge in [-0.05, 0) is 29.6 Å². The summed E-state index contributed by atoms with van der Waals surface area (Å²) in [4.78, 5) is 20.1. The molecule has 1 saturated heterocycles. The number of nitrogens with zero attached hydrogens (tertiary/aromatic N) is 2. The van der Waals surface area contributed by atoms with E-state index in [-0.39, 0.29) is 5.56 Å². The number of hydrogen-bond acceptors (Lipinski definition) is 4. The van der Waals surface area contributed by atoms with Crippen molar-refractivity contribution in [2.45, 2.75) is 6.04 Å². The number of halogens is 1. The summed E-state index contributed by atoms with van der Waals surface area (Å²) in [6, 6.07) is 0.419. The Kier molecular flexibility index (Phi) is 2.73. The van der Waals surface area contributed by atoms with Gasteiger partial charge in [-0.15, -0.1) is 0 Å². The Morgan fingerprint density at radius 1 is 1.71 bits per heavy atom. The van der Waals surface area contributed by atoms with Crippen molar-refractivity contribution in [1.82, 2.24) is 14.9 Å². The topological polar surface area (TPSA) is 61.0 Å². The number of H-pyrrole nitrogens is 1. The molecule has 1 aromatic rings. The molecule has 0 radical (unpaired) electrons. The molecule has 1 aliphatic heterocycles. The second-order valence-electron chi connectivity index (χ2n) is 3.46. The SMILES string of the molecule is CN1CC(Nc2nc[nH]c(=O)c2I)C1. The molecule has 0 aromatic carbocycles. The molecule has 0 amide bonds. The molecular weight excluding hydrogens is 295 g/mol. The highest BCUT2D eigenvalue weighted by Gasteiger charge is 2.23. The number of rotatable bonds is 2. The van der Waals surface area contributed by atoms with Crippen LogP contribution in [0, 0.1) is 3.57 Å². The van der Waals surface area contributed by atoms with E-state index in [1.165, 1.54) is 6.33 Å². The van der Waals surface area contributed by atoms with Crippen molar-refractivity contribution in [2.24, 2.45) is 0 Å². The number of likely N-dealkylation sites (tertiary alicyclic amines) is 1. The van der Waals surface area contributed by atoms with Gasteiger partial charge in [0, 0.05) is 13.1 Å². The maximum atomic E-state index is 11.2. The van der Waals surface area contributed by atoms with Crippen molar-refractivity contribution in [2.75, 3.05) is 25.5 Å². The summed E-state index contributed by atoms with van der Waals surface area (Å²) in [5.74, 6) is 0.687. The van der Waals surface area contributed by atoms with Gasteiger partial charge in [-0.1, -0.05) is 0 Å². The molecule has 2 heterocycles. The molecule has 0 aliphatic carbocycles. The maximum absolute atomic E-state index is 11.2. The van der Waals surface area contributed by atoms with Gasteiger partial charge in [0.25, 0.3) is 5.56 Å². The van der Waals surface area contributed by atoms with Crippen molar-refractivity contribution >= 4 is 28.4 Å². The van der Waals surface area contributed by atoms with E-state index in [1.54, 1.807) is 0 Å². The third-order valence-corrected chi connectivity index (χ3v) is 3.20. The van der Waals surface area contributed by atoms with Crippen LogP contribution < -0.4 is 10.9 Å². The fourth-order valence-corrected chi connectivity index (χ4v) is 1.92. The molecule has 1 aliphatic rings. The van der Waals surface area contributed by atoms with Crippen LogP contribution in [0.25, 0.3) is 0 Å². The van der Waals surface area contributed by atoms with Gasteiger partial charge in [0.2, 0.25) is 0 Å². The Morgan fingerprint density at radius 3 is 3.07 bits per heavy atom. The second-order valence-corrected chi connectivity index (χ2v) is 4.54. The van der Waals surface area contributed by atoms with Gasteiger partial charge < -0.3 is 15.2 Å². The Bertz CT molecular complexity index is 385. The highest BCUT2D eigenvalue weighted by Crippen LogP contribution is 2.14. The molecule has 1 aromatic heterocycles. The minimum atomic E-state index is -0.0872. The molecule has 0 unspecified atom stereocenters. The third-order valence-electron chi connectivity index (χ3n) is 2.20. The molecule has 14 heavy (non-hydrogen) atoms. The molecule has 2 N–H and O–H groups in total. The second kappa shape index (κ2) is 3.85. The first kappa shape index (κ1) is 9.91. The van der Waals surface area contributed by atoms with Crippen molar-refractivity contribution in [3.8, 4) is 0 Å². The van der Waals surface area contributed by atoms with Crippen molar-refractivity contribution in [1.29, 1.82) is 0 Å². The molecular formula is C8H11IN4O. The van der Waals surface area contributed by atoms with Crippen LogP contribution in [-0.4, -0.2) is 41.0 Å². The van der Waals surface area contributed by atoms with E-state index in [4.69, 9.17) is 0 Å². The van der Waals surface area contributed by atoms with Gasteiger partial charge in [0.1, 0.15) is 9.39 Å². The van der Waals surface area contributed by atoms with Crippen molar-refractivity contribution in [3.63, 3.8) is 0 Å². The maximum Gasteiger partial charge on any atom is 0.266 e. The molecule has 6 heteroatoms. The third kappa shape index (κ3) is 1.90. The number of likely N-dealkylation sites (N-methyl/N-ethyl adjacent to an activating group) is 1. The normalized spacial score (nSPS) is 17.9. The van der Waals surface area contributed by atoms with Crippen LogP contribution in [0.3, 0.4) is 0 Å². The minimum absolute atomic E-state index is 0.0872. The number of aromatic nitrogens is 2. The van der Waals surface area contributed by atoms with Gasteiger partial charge in [0.15, 0.2) is 0 Å². The average Bonchev–Trinajstić information content (AvgIpc) is 2.10. The van der Waals surface area contributed by atoms with Crippen LogP contribution in [0.5, 0.6) is 0 Å². The monoisotopic (exact) mass is 306 g/mol. The average molecular weight is 306 g/mol. The first-order valence-corrected chi connectivity index (χ1v) is 5.43. The molecule has 1 fully saturated rings. The standard InChI is InChI=1S/C8H11IN4O/c1-13-2-5(3-13)12-7-6(9)8(14)11-4-10-7/h4-5H,2-3H2,1H3,(H2,10,11,12,14). The number of aromatic amines is 1. The Labute approximate surface area is 95.1 Å². The lowest BCUT2D eigenvalue weighted by Crippen LogP contribution is -2.52. The van der Waals surface area contributed by atoms with E-state index >= 15 is 0 Å². The number of hydrogen-bond donors (Lipinski definition) is 2. The van der Waals surface area contributed by atoms with Crippen LogP contribution in [-0.2, 0) is 0 Å². The zero-order chi connectivity index (χ0) is 10.1. The number of anilines is 1. The van der Waals surface area contributed by atoms with E-state index in [9.17, 15) is 4.79 Å². The highest BCUT2D eigenvalue weighted by atomic mass is 127. The summed E-state index contributed by atoms with van der Waals surface area (Å²) in [5.41, 5.74) is -0.0872. The lowest BCUT2D eigenvalue weighted by atomic mass is 10.1. The Morgan fingerprint density at radius 2 is 2.43 bits per heavy atom. The van der Waals surface area contributed by atoms with Gasteiger partial charge in [0.05, 0.1) is 12.4 Å². The lowest BCUT2D eigenvalue weighted by molar-refractivity contribution is 0.205. The van der Waals surface area contributed by atoms with Crippen LogP contribution in [0.2, 0.25) is 0 Å². The largest absolute Gasteiger partial charge is 0.364 e. The van der Waals surface area contributed by atoms with E-state index in [2.05, 4.69) is 27.2 Å². The molecule has 2 rings (SSSR count). The van der Waals surface area contributed by atoms with Gasteiger partial charge in [-0.2, -0.15) is 0 Å². The predicted octanol–water partition coefficient (Wildman–Crippen LogP) is 0.100. The molecule has 0 saturated carbocycles. The van der Waals surface area contributed by atoms with Crippen LogP contribution in [0.15, 0.2) is 11.1 Å². The lowest BCUT2D eigenvalue weighted by Gasteiger charge is -2.36. The Balaban J connectivity index is 2.10. The summed E-state index contributed by atoms with van der Waals surface area (Å²) in [6.45, 7) is 2.01. The van der Waals surface area contributed by atoms with Crippen LogP contribution in [0.1, 0.15) is 0 Å². The van der Waals surface area contributed by atoms with Crippen LogP contribution >= 0.6 is 22.6 Å². The highest BCUT2D eigenvalue weighted by molar-refractivity contribution is 14.1. The van der Waals surface area contributed by atoms with Crippen molar-refractivity contribution in [3.05, 3.63) is 20.3 Å². The number of nitrogens with one attached hydrogen (secondary N) is 2. The molecule has 5 nitrogen and oxygen atoms in total. The molecule has 0 atom stereocenters. The zero-order valence-corrected chi connectivity index (χ0v) is 9.91. The first-order valence-electron chi connectivity index (χ1n) is 4.35. The Hall–Kier alpha value is -0.630. The van der Waals surface area contributed by atoms with Crippen molar-refractivity contribution < 1.29 is 0 Å². The quantitative estimate of drug-likeness (QED) is 0.761. The van der Waals surface area contributed by atoms with Gasteiger partial charge in [-0.25, -0.2) is 4.98 Å². The van der Waals surface area contributed by atoms with E-state index in [0.29, 0.717) is 15.4 Å².